The van der Waals surface area contributed by atoms with Crippen LogP contribution in [0.5, 0.6) is 0 Å². The van der Waals surface area contributed by atoms with E-state index in [0.717, 1.165) is 11.3 Å². The van der Waals surface area contributed by atoms with E-state index in [1.807, 2.05) is 0 Å². The van der Waals surface area contributed by atoms with E-state index >= 15 is 0 Å². The topological polar surface area (TPSA) is 66.4 Å². The zero-order valence-corrected chi connectivity index (χ0v) is 10.3. The Hall–Kier alpha value is -1.95. The molecule has 1 amide bonds. The van der Waals surface area contributed by atoms with E-state index in [-0.39, 0.29) is 5.82 Å². The molecule has 0 fully saturated rings. The van der Waals surface area contributed by atoms with Crippen LogP contribution in [0.4, 0.5) is 4.39 Å². The van der Waals surface area contributed by atoms with Crippen LogP contribution < -0.4 is 5.32 Å². The van der Waals surface area contributed by atoms with Gasteiger partial charge in [-0.25, -0.2) is 4.39 Å². The number of hydrogen-bond acceptors (Lipinski definition) is 3. The molecule has 0 saturated heterocycles. The first-order valence-corrected chi connectivity index (χ1v) is 6.00. The molecule has 0 aliphatic heterocycles. The number of carbonyl (C=O) groups excluding carboxylic acids is 1. The van der Waals surface area contributed by atoms with Gasteiger partial charge < -0.3 is 10.4 Å². The van der Waals surface area contributed by atoms with Gasteiger partial charge in [-0.2, -0.15) is 0 Å². The summed E-state index contributed by atoms with van der Waals surface area (Å²) in [5.74, 6) is -1.98. The molecule has 2 rings (SSSR count). The van der Waals surface area contributed by atoms with Gasteiger partial charge in [0.2, 0.25) is 0 Å². The van der Waals surface area contributed by atoms with Crippen LogP contribution in [0.1, 0.15) is 15.2 Å². The zero-order valence-electron chi connectivity index (χ0n) is 9.49. The van der Waals surface area contributed by atoms with Crippen molar-refractivity contribution in [2.24, 2.45) is 0 Å². The quantitative estimate of drug-likeness (QED) is 0.895. The molecule has 0 radical (unpaired) electrons. The van der Waals surface area contributed by atoms with Crippen LogP contribution in [0, 0.1) is 12.7 Å². The highest BCUT2D eigenvalue weighted by molar-refractivity contribution is 7.21. The molecule has 0 bridgehead atoms. The van der Waals surface area contributed by atoms with Crippen molar-refractivity contribution >= 4 is 33.3 Å². The minimum atomic E-state index is -1.12. The predicted molar refractivity (Wildman–Crippen MR) is 66.5 cm³/mol. The lowest BCUT2D eigenvalue weighted by Gasteiger charge is -2.00. The number of nitrogens with one attached hydrogen (secondary N) is 1. The first-order valence-electron chi connectivity index (χ1n) is 5.18. The molecule has 0 unspecified atom stereocenters. The highest BCUT2D eigenvalue weighted by Gasteiger charge is 2.17. The summed E-state index contributed by atoms with van der Waals surface area (Å²) in [5.41, 5.74) is 0.538. The number of rotatable bonds is 3. The fourth-order valence-electron chi connectivity index (χ4n) is 1.71. The Balaban J connectivity index is 2.40. The van der Waals surface area contributed by atoms with Crippen molar-refractivity contribution in [2.75, 3.05) is 6.54 Å². The minimum Gasteiger partial charge on any atom is -0.480 e. The Morgan fingerprint density at radius 2 is 2.17 bits per heavy atom. The molecule has 0 atom stereocenters. The van der Waals surface area contributed by atoms with Gasteiger partial charge in [-0.05, 0) is 24.6 Å². The van der Waals surface area contributed by atoms with E-state index in [2.05, 4.69) is 5.32 Å². The van der Waals surface area contributed by atoms with Gasteiger partial charge >= 0.3 is 5.97 Å². The zero-order chi connectivity index (χ0) is 13.3. The van der Waals surface area contributed by atoms with Crippen LogP contribution in [0.15, 0.2) is 18.2 Å². The Bertz CT molecular complexity index is 636. The molecule has 0 spiro atoms. The summed E-state index contributed by atoms with van der Waals surface area (Å²) in [5, 5.41) is 11.2. The van der Waals surface area contributed by atoms with Gasteiger partial charge in [0.1, 0.15) is 12.4 Å². The van der Waals surface area contributed by atoms with Gasteiger partial charge in [-0.3, -0.25) is 9.59 Å². The Morgan fingerprint density at radius 1 is 1.44 bits per heavy atom. The Labute approximate surface area is 106 Å². The number of carbonyl (C=O) groups is 2. The summed E-state index contributed by atoms with van der Waals surface area (Å²) in [6.45, 7) is 1.20. The molecule has 1 aromatic carbocycles. The molecule has 0 saturated carbocycles. The molecule has 94 valence electrons. The average molecular weight is 267 g/mol. The lowest BCUT2D eigenvalue weighted by atomic mass is 10.1. The third kappa shape index (κ3) is 2.19. The van der Waals surface area contributed by atoms with E-state index in [1.54, 1.807) is 19.1 Å². The molecule has 1 aromatic heterocycles. The van der Waals surface area contributed by atoms with Crippen LogP contribution in [-0.2, 0) is 4.79 Å². The molecular weight excluding hydrogens is 257 g/mol. The lowest BCUT2D eigenvalue weighted by Crippen LogP contribution is -2.28. The number of carboxylic acid groups (broad SMARTS) is 1. The van der Waals surface area contributed by atoms with Crippen molar-refractivity contribution in [2.45, 2.75) is 6.92 Å². The molecule has 0 aliphatic rings. The average Bonchev–Trinajstić information content (AvgIpc) is 2.65. The second kappa shape index (κ2) is 4.73. The molecule has 2 N–H and O–H groups in total. The Kier molecular flexibility index (Phi) is 3.29. The summed E-state index contributed by atoms with van der Waals surface area (Å²) in [4.78, 5) is 22.5. The number of amides is 1. The number of carboxylic acids is 1. The van der Waals surface area contributed by atoms with Crippen LogP contribution >= 0.6 is 11.3 Å². The summed E-state index contributed by atoms with van der Waals surface area (Å²) in [6, 6.07) is 4.64. The summed E-state index contributed by atoms with van der Waals surface area (Å²) in [7, 11) is 0. The van der Waals surface area contributed by atoms with Crippen molar-refractivity contribution in [1.29, 1.82) is 0 Å². The van der Waals surface area contributed by atoms with Crippen molar-refractivity contribution in [3.63, 3.8) is 0 Å². The maximum absolute atomic E-state index is 13.6. The number of thiophene rings is 1. The lowest BCUT2D eigenvalue weighted by molar-refractivity contribution is -0.135. The Morgan fingerprint density at radius 3 is 2.78 bits per heavy atom. The van der Waals surface area contributed by atoms with Gasteiger partial charge in [0, 0.05) is 10.1 Å². The molecule has 6 heteroatoms. The van der Waals surface area contributed by atoms with Crippen LogP contribution in [0.2, 0.25) is 0 Å². The molecule has 4 nitrogen and oxygen atoms in total. The maximum atomic E-state index is 13.6. The van der Waals surface area contributed by atoms with Gasteiger partial charge in [-0.1, -0.05) is 6.07 Å². The van der Waals surface area contributed by atoms with Crippen molar-refractivity contribution in [1.82, 2.24) is 5.32 Å². The number of halogens is 1. The van der Waals surface area contributed by atoms with Gasteiger partial charge in [0.05, 0.1) is 4.88 Å². The SMILES string of the molecule is Cc1c(C(=O)NCC(=O)O)sc2cccc(F)c12. The third-order valence-corrected chi connectivity index (χ3v) is 3.77. The fraction of sp³-hybridized carbons (Fsp3) is 0.167. The molecule has 18 heavy (non-hydrogen) atoms. The van der Waals surface area contributed by atoms with Crippen molar-refractivity contribution < 1.29 is 19.1 Å². The fourth-order valence-corrected chi connectivity index (χ4v) is 2.85. The van der Waals surface area contributed by atoms with E-state index in [1.165, 1.54) is 6.07 Å². The first-order chi connectivity index (χ1) is 8.50. The monoisotopic (exact) mass is 267 g/mol. The second-order valence-electron chi connectivity index (χ2n) is 3.75. The van der Waals surface area contributed by atoms with Crippen molar-refractivity contribution in [3.05, 3.63) is 34.5 Å². The highest BCUT2D eigenvalue weighted by atomic mass is 32.1. The number of benzene rings is 1. The van der Waals surface area contributed by atoms with E-state index < -0.39 is 18.4 Å². The number of aliphatic carboxylic acids is 1. The first kappa shape index (κ1) is 12.5. The number of aryl methyl sites for hydroxylation is 1. The smallest absolute Gasteiger partial charge is 0.322 e. The van der Waals surface area contributed by atoms with Gasteiger partial charge in [0.25, 0.3) is 5.91 Å². The number of hydrogen-bond donors (Lipinski definition) is 2. The third-order valence-electron chi connectivity index (χ3n) is 2.51. The van der Waals surface area contributed by atoms with Gasteiger partial charge in [0.15, 0.2) is 0 Å². The summed E-state index contributed by atoms with van der Waals surface area (Å²) < 4.78 is 14.3. The number of fused-ring (bicyclic) bond motifs is 1. The molecule has 1 heterocycles. The predicted octanol–water partition coefficient (Wildman–Crippen LogP) is 2.16. The van der Waals surface area contributed by atoms with Crippen LogP contribution in [0.25, 0.3) is 10.1 Å². The maximum Gasteiger partial charge on any atom is 0.322 e. The highest BCUT2D eigenvalue weighted by Crippen LogP contribution is 2.32. The van der Waals surface area contributed by atoms with E-state index in [0.29, 0.717) is 20.5 Å². The van der Waals surface area contributed by atoms with Crippen molar-refractivity contribution in [3.8, 4) is 0 Å². The van der Waals surface area contributed by atoms with Gasteiger partial charge in [-0.15, -0.1) is 11.3 Å². The second-order valence-corrected chi connectivity index (χ2v) is 4.80. The van der Waals surface area contributed by atoms with Crippen LogP contribution in [-0.4, -0.2) is 23.5 Å². The normalized spacial score (nSPS) is 10.6. The standard InChI is InChI=1S/C12H10FNO3S/c1-6-10-7(13)3-2-4-8(10)18-11(6)12(17)14-5-9(15)16/h2-4H,5H2,1H3,(H,14,17)(H,15,16). The summed E-state index contributed by atoms with van der Waals surface area (Å²) in [6.07, 6.45) is 0. The van der Waals surface area contributed by atoms with Crippen LogP contribution in [0.3, 0.4) is 0 Å². The van der Waals surface area contributed by atoms with E-state index in [9.17, 15) is 14.0 Å². The minimum absolute atomic E-state index is 0.344. The molecule has 0 aliphatic carbocycles. The molecule has 2 aromatic rings. The van der Waals surface area contributed by atoms with E-state index in [4.69, 9.17) is 5.11 Å². The summed E-state index contributed by atoms with van der Waals surface area (Å²) >= 11 is 1.15. The largest absolute Gasteiger partial charge is 0.480 e. The molecular formula is C12H10FNO3S.